The normalized spacial score (nSPS) is 10.3. The molecule has 0 aliphatic carbocycles. The van der Waals surface area contributed by atoms with Crippen molar-refractivity contribution in [1.29, 1.82) is 0 Å². The second-order valence-corrected chi connectivity index (χ2v) is 3.40. The topological polar surface area (TPSA) is 18.5 Å². The summed E-state index contributed by atoms with van der Waals surface area (Å²) in [6, 6.07) is 7.71. The molecule has 0 atom stereocenters. The molecule has 0 amide bonds. The van der Waals surface area contributed by atoms with Crippen LogP contribution in [-0.4, -0.2) is 13.2 Å². The maximum Gasteiger partial charge on any atom is 0.123 e. The van der Waals surface area contributed by atoms with Crippen LogP contribution in [0.2, 0.25) is 0 Å². The van der Waals surface area contributed by atoms with Crippen molar-refractivity contribution in [3.8, 4) is 11.5 Å². The van der Waals surface area contributed by atoms with Gasteiger partial charge in [0, 0.05) is 12.0 Å². The second-order valence-electron chi connectivity index (χ2n) is 3.40. The lowest BCUT2D eigenvalue weighted by Gasteiger charge is -2.09. The van der Waals surface area contributed by atoms with Crippen molar-refractivity contribution < 1.29 is 9.47 Å². The minimum absolute atomic E-state index is 0.662. The molecule has 14 heavy (non-hydrogen) atoms. The summed E-state index contributed by atoms with van der Waals surface area (Å²) in [5.74, 6) is 2.97. The first-order chi connectivity index (χ1) is 6.72. The average Bonchev–Trinajstić information content (AvgIpc) is 2.16. The predicted octanol–water partition coefficient (Wildman–Crippen LogP) is 3.08. The van der Waals surface area contributed by atoms with Crippen LogP contribution in [0.5, 0.6) is 11.5 Å². The van der Waals surface area contributed by atoms with Crippen molar-refractivity contribution >= 4 is 0 Å². The van der Waals surface area contributed by atoms with E-state index in [0.717, 1.165) is 11.5 Å². The Labute approximate surface area is 85.8 Å². The van der Waals surface area contributed by atoms with Crippen LogP contribution in [0.4, 0.5) is 0 Å². The molecule has 1 aromatic rings. The van der Waals surface area contributed by atoms with E-state index < -0.39 is 0 Å². The molecule has 0 aliphatic rings. The van der Waals surface area contributed by atoms with Crippen molar-refractivity contribution in [1.82, 2.24) is 0 Å². The first-order valence-corrected chi connectivity index (χ1v) is 4.87. The summed E-state index contributed by atoms with van der Waals surface area (Å²) >= 11 is 0. The van der Waals surface area contributed by atoms with E-state index in [-0.39, 0.29) is 0 Å². The summed E-state index contributed by atoms with van der Waals surface area (Å²) in [4.78, 5) is 0. The highest BCUT2D eigenvalue weighted by atomic mass is 16.5. The minimum Gasteiger partial charge on any atom is -0.494 e. The molecule has 0 N–H and O–H groups in total. The van der Waals surface area contributed by atoms with Gasteiger partial charge in [-0.05, 0) is 19.1 Å². The van der Waals surface area contributed by atoms with Crippen LogP contribution in [-0.2, 0) is 0 Å². The minimum atomic E-state index is 0.662. The molecule has 1 radical (unpaired) electrons. The third kappa shape index (κ3) is 3.69. The van der Waals surface area contributed by atoms with E-state index in [1.165, 1.54) is 5.92 Å². The van der Waals surface area contributed by atoms with Crippen molar-refractivity contribution in [2.75, 3.05) is 13.2 Å². The van der Waals surface area contributed by atoms with Gasteiger partial charge in [-0.2, -0.15) is 0 Å². The molecule has 0 bridgehead atoms. The van der Waals surface area contributed by atoms with E-state index in [2.05, 4.69) is 0 Å². The van der Waals surface area contributed by atoms with Gasteiger partial charge in [-0.3, -0.25) is 0 Å². The Bertz CT molecular complexity index is 269. The maximum absolute atomic E-state index is 5.54. The van der Waals surface area contributed by atoms with Gasteiger partial charge in [0.1, 0.15) is 11.5 Å². The zero-order valence-electron chi connectivity index (χ0n) is 9.04. The van der Waals surface area contributed by atoms with E-state index in [9.17, 15) is 0 Å². The highest BCUT2D eigenvalue weighted by Gasteiger charge is 1.99. The zero-order chi connectivity index (χ0) is 10.4. The summed E-state index contributed by atoms with van der Waals surface area (Å²) < 4.78 is 10.9. The smallest absolute Gasteiger partial charge is 0.123 e. The van der Waals surface area contributed by atoms with Crippen molar-refractivity contribution in [3.63, 3.8) is 0 Å². The first-order valence-electron chi connectivity index (χ1n) is 4.87. The van der Waals surface area contributed by atoms with Crippen molar-refractivity contribution in [3.05, 3.63) is 30.2 Å². The summed E-state index contributed by atoms with van der Waals surface area (Å²) in [5, 5.41) is 0. The maximum atomic E-state index is 5.54. The monoisotopic (exact) mass is 193 g/mol. The molecule has 1 rings (SSSR count). The molecule has 0 saturated carbocycles. The van der Waals surface area contributed by atoms with Crippen molar-refractivity contribution in [2.45, 2.75) is 20.8 Å². The van der Waals surface area contributed by atoms with Crippen LogP contribution in [0.25, 0.3) is 0 Å². The molecule has 0 saturated heterocycles. The second kappa shape index (κ2) is 5.53. The lowest BCUT2D eigenvalue weighted by Crippen LogP contribution is -2.02. The van der Waals surface area contributed by atoms with E-state index in [1.54, 1.807) is 0 Å². The molecule has 0 unspecified atom stereocenters. The molecule has 0 heterocycles. The Morgan fingerprint density at radius 1 is 1.14 bits per heavy atom. The van der Waals surface area contributed by atoms with Gasteiger partial charge >= 0.3 is 0 Å². The van der Waals surface area contributed by atoms with Crippen molar-refractivity contribution in [2.24, 2.45) is 0 Å². The Kier molecular flexibility index (Phi) is 4.30. The summed E-state index contributed by atoms with van der Waals surface area (Å²) in [7, 11) is 0. The number of ether oxygens (including phenoxy) is 2. The van der Waals surface area contributed by atoms with E-state index >= 15 is 0 Å². The summed E-state index contributed by atoms with van der Waals surface area (Å²) in [6.07, 6.45) is 0. The molecule has 0 aliphatic heterocycles. The molecular weight excluding hydrogens is 176 g/mol. The predicted molar refractivity (Wildman–Crippen MR) is 57.7 cm³/mol. The molecular formula is C12H17O2. The molecule has 2 heteroatoms. The van der Waals surface area contributed by atoms with Gasteiger partial charge < -0.3 is 9.47 Å². The third-order valence-corrected chi connectivity index (χ3v) is 1.64. The van der Waals surface area contributed by atoms with Crippen LogP contribution in [0, 0.1) is 5.92 Å². The first kappa shape index (κ1) is 10.9. The van der Waals surface area contributed by atoms with Crippen LogP contribution >= 0.6 is 0 Å². The standard InChI is InChI=1S/C12H17O2/c1-4-13-11-6-5-7-12(8-11)14-9-10(2)3/h5-8H,4,9H2,1-3H3. The Hall–Kier alpha value is -1.18. The van der Waals surface area contributed by atoms with E-state index in [4.69, 9.17) is 9.47 Å². The van der Waals surface area contributed by atoms with Crippen LogP contribution in [0.15, 0.2) is 24.3 Å². The molecule has 1 aromatic carbocycles. The third-order valence-electron chi connectivity index (χ3n) is 1.64. The lowest BCUT2D eigenvalue weighted by atomic mass is 10.2. The number of rotatable bonds is 5. The fourth-order valence-electron chi connectivity index (χ4n) is 1.05. The Morgan fingerprint density at radius 2 is 1.79 bits per heavy atom. The lowest BCUT2D eigenvalue weighted by molar-refractivity contribution is 0.319. The van der Waals surface area contributed by atoms with E-state index in [0.29, 0.717) is 13.2 Å². The van der Waals surface area contributed by atoms with Crippen LogP contribution in [0.3, 0.4) is 0 Å². The van der Waals surface area contributed by atoms with Gasteiger partial charge in [-0.25, -0.2) is 0 Å². The molecule has 77 valence electrons. The van der Waals surface area contributed by atoms with Gasteiger partial charge in [0.2, 0.25) is 0 Å². The summed E-state index contributed by atoms with van der Waals surface area (Å²) in [6.45, 7) is 7.41. The fraction of sp³-hybridized carbons (Fsp3) is 0.417. The SMILES string of the molecule is CCOc1cccc(OC[C](C)C)c1. The number of hydrogen-bond acceptors (Lipinski definition) is 2. The van der Waals surface area contributed by atoms with Gasteiger partial charge in [0.25, 0.3) is 0 Å². The number of hydrogen-bond donors (Lipinski definition) is 0. The largest absolute Gasteiger partial charge is 0.494 e. The molecule has 0 fully saturated rings. The zero-order valence-corrected chi connectivity index (χ0v) is 9.04. The average molecular weight is 193 g/mol. The Balaban J connectivity index is 2.54. The molecule has 0 spiro atoms. The van der Waals surface area contributed by atoms with Crippen LogP contribution in [0.1, 0.15) is 20.8 Å². The van der Waals surface area contributed by atoms with Gasteiger partial charge in [-0.1, -0.05) is 19.9 Å². The van der Waals surface area contributed by atoms with Gasteiger partial charge in [0.15, 0.2) is 0 Å². The highest BCUT2D eigenvalue weighted by Crippen LogP contribution is 2.19. The number of benzene rings is 1. The molecule has 0 aromatic heterocycles. The quantitative estimate of drug-likeness (QED) is 0.715. The fourth-order valence-corrected chi connectivity index (χ4v) is 1.05. The molecule has 2 nitrogen and oxygen atoms in total. The van der Waals surface area contributed by atoms with Gasteiger partial charge in [0.05, 0.1) is 13.2 Å². The highest BCUT2D eigenvalue weighted by molar-refractivity contribution is 5.33. The van der Waals surface area contributed by atoms with E-state index in [1.807, 2.05) is 45.0 Å². The Morgan fingerprint density at radius 3 is 2.36 bits per heavy atom. The summed E-state index contributed by atoms with van der Waals surface area (Å²) in [5.41, 5.74) is 0. The van der Waals surface area contributed by atoms with Gasteiger partial charge in [-0.15, -0.1) is 0 Å². The van der Waals surface area contributed by atoms with Crippen LogP contribution < -0.4 is 9.47 Å².